The first-order valence-electron chi connectivity index (χ1n) is 5.71. The van der Waals surface area contributed by atoms with Crippen molar-refractivity contribution in [3.8, 4) is 0 Å². The van der Waals surface area contributed by atoms with Gasteiger partial charge in [-0.3, -0.25) is 4.90 Å². The molecule has 2 heteroatoms. The van der Waals surface area contributed by atoms with E-state index < -0.39 is 0 Å². The highest BCUT2D eigenvalue weighted by Crippen LogP contribution is 2.16. The van der Waals surface area contributed by atoms with E-state index >= 15 is 0 Å². The van der Waals surface area contributed by atoms with Gasteiger partial charge in [0.05, 0.1) is 13.2 Å². The smallest absolute Gasteiger partial charge is 0.0594 e. The number of hydrogen-bond donors (Lipinski definition) is 0. The predicted octanol–water partition coefficient (Wildman–Crippen LogP) is 2.12. The average molecular weight is 205 g/mol. The maximum Gasteiger partial charge on any atom is 0.0594 e. The quantitative estimate of drug-likeness (QED) is 0.749. The van der Waals surface area contributed by atoms with Gasteiger partial charge in [0, 0.05) is 19.6 Å². The number of morpholine rings is 1. The van der Waals surface area contributed by atoms with E-state index in [0.29, 0.717) is 5.92 Å². The third-order valence-corrected chi connectivity index (χ3v) is 3.00. The summed E-state index contributed by atoms with van der Waals surface area (Å²) in [6, 6.07) is 10.7. The van der Waals surface area contributed by atoms with Gasteiger partial charge in [-0.15, -0.1) is 0 Å². The SMILES string of the molecule is CC(CN1CCOCC1)c1ccccc1. The van der Waals surface area contributed by atoms with E-state index in [4.69, 9.17) is 4.74 Å². The highest BCUT2D eigenvalue weighted by molar-refractivity contribution is 5.19. The molecule has 82 valence electrons. The largest absolute Gasteiger partial charge is 0.379 e. The molecule has 1 aliphatic rings. The fourth-order valence-corrected chi connectivity index (χ4v) is 2.06. The summed E-state index contributed by atoms with van der Waals surface area (Å²) in [7, 11) is 0. The summed E-state index contributed by atoms with van der Waals surface area (Å²) in [6.45, 7) is 7.38. The molecule has 0 bridgehead atoms. The van der Waals surface area contributed by atoms with Crippen LogP contribution in [0.4, 0.5) is 0 Å². The summed E-state index contributed by atoms with van der Waals surface area (Å²) in [4.78, 5) is 2.49. The molecule has 1 unspecified atom stereocenters. The molecule has 1 aliphatic heterocycles. The zero-order valence-electron chi connectivity index (χ0n) is 9.36. The lowest BCUT2D eigenvalue weighted by Gasteiger charge is -2.29. The molecule has 0 radical (unpaired) electrons. The van der Waals surface area contributed by atoms with Crippen molar-refractivity contribution in [1.29, 1.82) is 0 Å². The first kappa shape index (κ1) is 10.7. The van der Waals surface area contributed by atoms with Crippen LogP contribution in [-0.2, 0) is 4.74 Å². The lowest BCUT2D eigenvalue weighted by molar-refractivity contribution is 0.0357. The van der Waals surface area contributed by atoms with Crippen molar-refractivity contribution in [2.24, 2.45) is 0 Å². The first-order chi connectivity index (χ1) is 7.36. The maximum atomic E-state index is 5.35. The second-order valence-corrected chi connectivity index (χ2v) is 4.22. The summed E-state index contributed by atoms with van der Waals surface area (Å²) >= 11 is 0. The van der Waals surface area contributed by atoms with Crippen LogP contribution >= 0.6 is 0 Å². The third kappa shape index (κ3) is 3.05. The van der Waals surface area contributed by atoms with E-state index in [0.717, 1.165) is 32.8 Å². The van der Waals surface area contributed by atoms with Crippen LogP contribution < -0.4 is 0 Å². The van der Waals surface area contributed by atoms with Gasteiger partial charge in [-0.1, -0.05) is 37.3 Å². The van der Waals surface area contributed by atoms with Crippen molar-refractivity contribution in [2.75, 3.05) is 32.8 Å². The highest BCUT2D eigenvalue weighted by Gasteiger charge is 2.14. The molecule has 1 fully saturated rings. The molecular weight excluding hydrogens is 186 g/mol. The second kappa shape index (κ2) is 5.29. The van der Waals surface area contributed by atoms with E-state index in [2.05, 4.69) is 42.2 Å². The lowest BCUT2D eigenvalue weighted by atomic mass is 10.0. The van der Waals surface area contributed by atoms with Crippen LogP contribution in [0.2, 0.25) is 0 Å². The van der Waals surface area contributed by atoms with Gasteiger partial charge >= 0.3 is 0 Å². The van der Waals surface area contributed by atoms with Gasteiger partial charge in [0.25, 0.3) is 0 Å². The molecule has 1 atom stereocenters. The molecule has 0 aromatic heterocycles. The molecular formula is C13H19NO. The molecule has 0 saturated carbocycles. The summed E-state index contributed by atoms with van der Waals surface area (Å²) in [5.74, 6) is 0.615. The van der Waals surface area contributed by atoms with Gasteiger partial charge in [-0.25, -0.2) is 0 Å². The Morgan fingerprint density at radius 3 is 2.53 bits per heavy atom. The van der Waals surface area contributed by atoms with Gasteiger partial charge in [-0.05, 0) is 11.5 Å². The molecule has 0 aliphatic carbocycles. The fraction of sp³-hybridized carbons (Fsp3) is 0.538. The maximum absolute atomic E-state index is 5.35. The van der Waals surface area contributed by atoms with E-state index in [1.165, 1.54) is 5.56 Å². The van der Waals surface area contributed by atoms with Crippen LogP contribution in [0.5, 0.6) is 0 Å². The van der Waals surface area contributed by atoms with Gasteiger partial charge in [-0.2, -0.15) is 0 Å². The van der Waals surface area contributed by atoms with Crippen LogP contribution in [0.25, 0.3) is 0 Å². The van der Waals surface area contributed by atoms with Crippen molar-refractivity contribution in [2.45, 2.75) is 12.8 Å². The van der Waals surface area contributed by atoms with Crippen LogP contribution in [0, 0.1) is 0 Å². The van der Waals surface area contributed by atoms with Crippen LogP contribution in [-0.4, -0.2) is 37.7 Å². The van der Waals surface area contributed by atoms with Gasteiger partial charge < -0.3 is 4.74 Å². The summed E-state index contributed by atoms with van der Waals surface area (Å²) in [6.07, 6.45) is 0. The average Bonchev–Trinajstić information content (AvgIpc) is 2.31. The Hall–Kier alpha value is -0.860. The third-order valence-electron chi connectivity index (χ3n) is 3.00. The Balaban J connectivity index is 1.88. The lowest BCUT2D eigenvalue weighted by Crippen LogP contribution is -2.38. The summed E-state index contributed by atoms with van der Waals surface area (Å²) < 4.78 is 5.35. The Morgan fingerprint density at radius 1 is 1.20 bits per heavy atom. The highest BCUT2D eigenvalue weighted by atomic mass is 16.5. The molecule has 1 aromatic rings. The number of benzene rings is 1. The molecule has 0 spiro atoms. The predicted molar refractivity (Wildman–Crippen MR) is 62.1 cm³/mol. The van der Waals surface area contributed by atoms with Crippen LogP contribution in [0.1, 0.15) is 18.4 Å². The molecule has 1 saturated heterocycles. The van der Waals surface area contributed by atoms with Crippen LogP contribution in [0.15, 0.2) is 30.3 Å². The summed E-state index contributed by atoms with van der Waals surface area (Å²) in [5.41, 5.74) is 1.43. The van der Waals surface area contributed by atoms with Crippen LogP contribution in [0.3, 0.4) is 0 Å². The van der Waals surface area contributed by atoms with E-state index in [9.17, 15) is 0 Å². The number of ether oxygens (including phenoxy) is 1. The van der Waals surface area contributed by atoms with Gasteiger partial charge in [0.2, 0.25) is 0 Å². The van der Waals surface area contributed by atoms with Gasteiger partial charge in [0.1, 0.15) is 0 Å². The second-order valence-electron chi connectivity index (χ2n) is 4.22. The van der Waals surface area contributed by atoms with E-state index in [1.54, 1.807) is 0 Å². The molecule has 0 N–H and O–H groups in total. The first-order valence-corrected chi connectivity index (χ1v) is 5.71. The zero-order chi connectivity index (χ0) is 10.5. The molecule has 1 aromatic carbocycles. The minimum absolute atomic E-state index is 0.615. The standard InChI is InChI=1S/C13H19NO/c1-12(13-5-3-2-4-6-13)11-14-7-9-15-10-8-14/h2-6,12H,7-11H2,1H3. The fourth-order valence-electron chi connectivity index (χ4n) is 2.06. The number of nitrogens with zero attached hydrogens (tertiary/aromatic N) is 1. The number of hydrogen-bond acceptors (Lipinski definition) is 2. The number of rotatable bonds is 3. The molecule has 2 nitrogen and oxygen atoms in total. The molecule has 15 heavy (non-hydrogen) atoms. The van der Waals surface area contributed by atoms with Crippen molar-refractivity contribution in [1.82, 2.24) is 4.90 Å². The normalized spacial score (nSPS) is 20.1. The van der Waals surface area contributed by atoms with Gasteiger partial charge in [0.15, 0.2) is 0 Å². The molecule has 1 heterocycles. The Kier molecular flexibility index (Phi) is 3.75. The Morgan fingerprint density at radius 2 is 1.87 bits per heavy atom. The van der Waals surface area contributed by atoms with Crippen molar-refractivity contribution < 1.29 is 4.74 Å². The van der Waals surface area contributed by atoms with Crippen molar-refractivity contribution in [3.05, 3.63) is 35.9 Å². The van der Waals surface area contributed by atoms with E-state index in [1.807, 2.05) is 0 Å². The molecule has 0 amide bonds. The van der Waals surface area contributed by atoms with Crippen molar-refractivity contribution in [3.63, 3.8) is 0 Å². The zero-order valence-corrected chi connectivity index (χ0v) is 9.36. The van der Waals surface area contributed by atoms with E-state index in [-0.39, 0.29) is 0 Å². The monoisotopic (exact) mass is 205 g/mol. The van der Waals surface area contributed by atoms with Crippen molar-refractivity contribution >= 4 is 0 Å². The summed E-state index contributed by atoms with van der Waals surface area (Å²) in [5, 5.41) is 0. The topological polar surface area (TPSA) is 12.5 Å². The Bertz CT molecular complexity index is 280. The minimum Gasteiger partial charge on any atom is -0.379 e. The molecule has 2 rings (SSSR count). The Labute approximate surface area is 91.9 Å². The minimum atomic E-state index is 0.615.